The Morgan fingerprint density at radius 2 is 1.83 bits per heavy atom. The molecular weight excluding hydrogens is 226 g/mol. The van der Waals surface area contributed by atoms with Gasteiger partial charge >= 0.3 is 0 Å². The highest BCUT2D eigenvalue weighted by atomic mass is 16.2. The van der Waals surface area contributed by atoms with Crippen LogP contribution in [0.15, 0.2) is 0 Å². The smallest absolute Gasteiger partial charge is 0.236 e. The maximum Gasteiger partial charge on any atom is 0.236 e. The van der Waals surface area contributed by atoms with Crippen LogP contribution in [-0.2, 0) is 4.79 Å². The number of likely N-dealkylation sites (N-methyl/N-ethyl adjacent to an activating group) is 1. The van der Waals surface area contributed by atoms with Gasteiger partial charge in [-0.05, 0) is 38.6 Å². The number of amides is 1. The van der Waals surface area contributed by atoms with E-state index < -0.39 is 0 Å². The SMILES string of the molecule is CCCN(CCC)C(=O)CN(C)C(CN)C1CC1. The van der Waals surface area contributed by atoms with Gasteiger partial charge in [-0.25, -0.2) is 0 Å². The number of hydrogen-bond donors (Lipinski definition) is 1. The highest BCUT2D eigenvalue weighted by Crippen LogP contribution is 2.34. The van der Waals surface area contributed by atoms with Crippen molar-refractivity contribution < 1.29 is 4.79 Å². The van der Waals surface area contributed by atoms with Gasteiger partial charge in [0.1, 0.15) is 0 Å². The summed E-state index contributed by atoms with van der Waals surface area (Å²) in [5, 5.41) is 0. The first kappa shape index (κ1) is 15.4. The topological polar surface area (TPSA) is 49.6 Å². The first-order valence-electron chi connectivity index (χ1n) is 7.32. The van der Waals surface area contributed by atoms with Crippen molar-refractivity contribution in [1.82, 2.24) is 9.80 Å². The molecule has 4 heteroatoms. The van der Waals surface area contributed by atoms with Gasteiger partial charge in [0, 0.05) is 25.7 Å². The maximum absolute atomic E-state index is 12.2. The average molecular weight is 255 g/mol. The predicted molar refractivity (Wildman–Crippen MR) is 75.4 cm³/mol. The van der Waals surface area contributed by atoms with Crippen molar-refractivity contribution in [3.05, 3.63) is 0 Å². The van der Waals surface area contributed by atoms with Gasteiger partial charge in [0.05, 0.1) is 6.54 Å². The summed E-state index contributed by atoms with van der Waals surface area (Å²) in [5.74, 6) is 0.971. The van der Waals surface area contributed by atoms with Gasteiger partial charge in [-0.1, -0.05) is 13.8 Å². The van der Waals surface area contributed by atoms with Crippen molar-refractivity contribution in [3.8, 4) is 0 Å². The quantitative estimate of drug-likeness (QED) is 0.676. The fraction of sp³-hybridized carbons (Fsp3) is 0.929. The molecule has 18 heavy (non-hydrogen) atoms. The molecule has 0 radical (unpaired) electrons. The normalized spacial score (nSPS) is 16.9. The molecule has 4 nitrogen and oxygen atoms in total. The highest BCUT2D eigenvalue weighted by Gasteiger charge is 2.33. The fourth-order valence-electron chi connectivity index (χ4n) is 2.54. The van der Waals surface area contributed by atoms with Crippen molar-refractivity contribution in [2.24, 2.45) is 11.7 Å². The van der Waals surface area contributed by atoms with E-state index in [0.717, 1.165) is 31.8 Å². The molecule has 1 atom stereocenters. The zero-order valence-corrected chi connectivity index (χ0v) is 12.2. The molecule has 0 aromatic rings. The first-order valence-corrected chi connectivity index (χ1v) is 7.32. The van der Waals surface area contributed by atoms with Crippen LogP contribution >= 0.6 is 0 Å². The Labute approximate surface area is 111 Å². The molecule has 1 aliphatic rings. The Morgan fingerprint density at radius 1 is 1.28 bits per heavy atom. The Hall–Kier alpha value is -0.610. The lowest BCUT2D eigenvalue weighted by Crippen LogP contribution is -2.46. The van der Waals surface area contributed by atoms with Crippen molar-refractivity contribution in [2.75, 3.05) is 33.2 Å². The van der Waals surface area contributed by atoms with E-state index in [9.17, 15) is 4.79 Å². The molecule has 0 saturated heterocycles. The summed E-state index contributed by atoms with van der Waals surface area (Å²) in [6.07, 6.45) is 4.60. The third-order valence-corrected chi connectivity index (χ3v) is 3.70. The van der Waals surface area contributed by atoms with Crippen LogP contribution < -0.4 is 5.73 Å². The van der Waals surface area contributed by atoms with E-state index in [1.807, 2.05) is 11.9 Å². The number of nitrogens with two attached hydrogens (primary N) is 1. The Balaban J connectivity index is 2.44. The van der Waals surface area contributed by atoms with Crippen LogP contribution in [0.1, 0.15) is 39.5 Å². The summed E-state index contributed by atoms with van der Waals surface area (Å²) in [6.45, 7) is 7.15. The summed E-state index contributed by atoms with van der Waals surface area (Å²) in [7, 11) is 2.03. The Bertz CT molecular complexity index is 247. The van der Waals surface area contributed by atoms with E-state index in [-0.39, 0.29) is 5.91 Å². The van der Waals surface area contributed by atoms with Crippen LogP contribution in [-0.4, -0.2) is 55.0 Å². The second kappa shape index (κ2) is 7.74. The lowest BCUT2D eigenvalue weighted by Gasteiger charge is -2.29. The van der Waals surface area contributed by atoms with Crippen LogP contribution in [0, 0.1) is 5.92 Å². The molecule has 1 rings (SSSR count). The third kappa shape index (κ3) is 4.58. The number of nitrogens with zero attached hydrogens (tertiary/aromatic N) is 2. The molecule has 1 aliphatic carbocycles. The molecule has 0 aliphatic heterocycles. The average Bonchev–Trinajstić information content (AvgIpc) is 3.14. The predicted octanol–water partition coefficient (Wildman–Crippen LogP) is 1.30. The van der Waals surface area contributed by atoms with Gasteiger partial charge in [0.25, 0.3) is 0 Å². The largest absolute Gasteiger partial charge is 0.342 e. The second-order valence-corrected chi connectivity index (χ2v) is 5.44. The van der Waals surface area contributed by atoms with Crippen LogP contribution in [0.2, 0.25) is 0 Å². The van der Waals surface area contributed by atoms with Crippen molar-refractivity contribution in [2.45, 2.75) is 45.6 Å². The highest BCUT2D eigenvalue weighted by molar-refractivity contribution is 5.78. The molecule has 2 N–H and O–H groups in total. The number of carbonyl (C=O) groups excluding carboxylic acids is 1. The standard InChI is InChI=1S/C14H29N3O/c1-4-8-17(9-5-2)14(18)11-16(3)13(10-15)12-6-7-12/h12-13H,4-11,15H2,1-3H3. The van der Waals surface area contributed by atoms with E-state index >= 15 is 0 Å². The molecule has 0 aromatic heterocycles. The third-order valence-electron chi connectivity index (χ3n) is 3.70. The molecular formula is C14H29N3O. The first-order chi connectivity index (χ1) is 8.63. The summed E-state index contributed by atoms with van der Waals surface area (Å²) in [4.78, 5) is 16.4. The summed E-state index contributed by atoms with van der Waals surface area (Å²) < 4.78 is 0. The minimum Gasteiger partial charge on any atom is -0.342 e. The summed E-state index contributed by atoms with van der Waals surface area (Å²) in [5.41, 5.74) is 5.82. The molecule has 0 spiro atoms. The van der Waals surface area contributed by atoms with E-state index in [0.29, 0.717) is 19.1 Å². The Kier molecular flexibility index (Phi) is 6.65. The van der Waals surface area contributed by atoms with Crippen LogP contribution in [0.4, 0.5) is 0 Å². The van der Waals surface area contributed by atoms with E-state index in [1.165, 1.54) is 12.8 Å². The van der Waals surface area contributed by atoms with Gasteiger partial charge in [0.15, 0.2) is 0 Å². The van der Waals surface area contributed by atoms with E-state index in [1.54, 1.807) is 0 Å². The van der Waals surface area contributed by atoms with Crippen LogP contribution in [0.5, 0.6) is 0 Å². The number of carbonyl (C=O) groups is 1. The van der Waals surface area contributed by atoms with Crippen molar-refractivity contribution >= 4 is 5.91 Å². The number of hydrogen-bond acceptors (Lipinski definition) is 3. The molecule has 1 amide bonds. The van der Waals surface area contributed by atoms with E-state index in [4.69, 9.17) is 5.73 Å². The molecule has 1 fully saturated rings. The molecule has 0 heterocycles. The van der Waals surface area contributed by atoms with Crippen LogP contribution in [0.3, 0.4) is 0 Å². The molecule has 0 aromatic carbocycles. The molecule has 106 valence electrons. The fourth-order valence-corrected chi connectivity index (χ4v) is 2.54. The summed E-state index contributed by atoms with van der Waals surface area (Å²) in [6, 6.07) is 0.388. The monoisotopic (exact) mass is 255 g/mol. The van der Waals surface area contributed by atoms with Crippen molar-refractivity contribution in [3.63, 3.8) is 0 Å². The lowest BCUT2D eigenvalue weighted by atomic mass is 10.1. The summed E-state index contributed by atoms with van der Waals surface area (Å²) >= 11 is 0. The van der Waals surface area contributed by atoms with Gasteiger partial charge in [-0.3, -0.25) is 9.69 Å². The van der Waals surface area contributed by atoms with Gasteiger partial charge in [-0.2, -0.15) is 0 Å². The lowest BCUT2D eigenvalue weighted by molar-refractivity contribution is -0.132. The maximum atomic E-state index is 12.2. The minimum atomic E-state index is 0.250. The van der Waals surface area contributed by atoms with Gasteiger partial charge < -0.3 is 10.6 Å². The van der Waals surface area contributed by atoms with Crippen molar-refractivity contribution in [1.29, 1.82) is 0 Å². The van der Waals surface area contributed by atoms with Gasteiger partial charge in [-0.15, -0.1) is 0 Å². The molecule has 1 unspecified atom stereocenters. The zero-order valence-electron chi connectivity index (χ0n) is 12.2. The van der Waals surface area contributed by atoms with E-state index in [2.05, 4.69) is 18.7 Å². The zero-order chi connectivity index (χ0) is 13.5. The van der Waals surface area contributed by atoms with Gasteiger partial charge in [0.2, 0.25) is 5.91 Å². The Morgan fingerprint density at radius 3 is 2.22 bits per heavy atom. The molecule has 1 saturated carbocycles. The van der Waals surface area contributed by atoms with Crippen LogP contribution in [0.25, 0.3) is 0 Å². The second-order valence-electron chi connectivity index (χ2n) is 5.44. The number of rotatable bonds is 9. The minimum absolute atomic E-state index is 0.250. The molecule has 0 bridgehead atoms.